The molecule has 0 aromatic carbocycles. The van der Waals surface area contributed by atoms with E-state index in [-0.39, 0.29) is 11.2 Å². The molecule has 0 saturated heterocycles. The van der Waals surface area contributed by atoms with Gasteiger partial charge in [0.05, 0.1) is 0 Å². The Kier molecular flexibility index (Phi) is 3.93. The highest BCUT2D eigenvalue weighted by Crippen LogP contribution is 2.67. The van der Waals surface area contributed by atoms with Crippen molar-refractivity contribution in [2.75, 3.05) is 0 Å². The van der Waals surface area contributed by atoms with Gasteiger partial charge in [0.1, 0.15) is 12.2 Å². The maximum atomic E-state index is 12.3. The molecule has 3 nitrogen and oxygen atoms in total. The number of aliphatic hydroxyl groups excluding tert-OH is 2. The summed E-state index contributed by atoms with van der Waals surface area (Å²) in [5, 5.41) is 20.9. The van der Waals surface area contributed by atoms with E-state index in [2.05, 4.69) is 20.8 Å². The lowest BCUT2D eigenvalue weighted by Crippen LogP contribution is -2.62. The highest BCUT2D eigenvalue weighted by molar-refractivity contribution is 5.88. The number of Topliss-reactive ketones (excluding diaryl/α,β-unsaturated/α-hetero) is 1. The number of carbonyl (C=O) groups excluding carboxylic acids is 1. The minimum atomic E-state index is -0.966. The molecular formula is C21H34O3. The van der Waals surface area contributed by atoms with Gasteiger partial charge < -0.3 is 10.2 Å². The van der Waals surface area contributed by atoms with Crippen LogP contribution in [0.4, 0.5) is 0 Å². The molecule has 0 heterocycles. The molecule has 2 N–H and O–H groups in total. The van der Waals surface area contributed by atoms with Gasteiger partial charge in [0.25, 0.3) is 0 Å². The van der Waals surface area contributed by atoms with Gasteiger partial charge in [-0.05, 0) is 80.0 Å². The topological polar surface area (TPSA) is 57.5 Å². The molecule has 4 aliphatic carbocycles. The second-order valence-electron chi connectivity index (χ2n) is 9.80. The van der Waals surface area contributed by atoms with Crippen LogP contribution in [0, 0.1) is 40.4 Å². The number of aliphatic hydroxyl groups is 2. The molecule has 0 aromatic rings. The van der Waals surface area contributed by atoms with Gasteiger partial charge in [-0.15, -0.1) is 0 Å². The molecule has 0 amide bonds. The zero-order valence-corrected chi connectivity index (χ0v) is 15.5. The molecule has 4 rings (SSSR count). The van der Waals surface area contributed by atoms with Crippen LogP contribution >= 0.6 is 0 Å². The van der Waals surface area contributed by atoms with Gasteiger partial charge in [-0.3, -0.25) is 4.79 Å². The Morgan fingerprint density at radius 2 is 1.79 bits per heavy atom. The van der Waals surface area contributed by atoms with E-state index < -0.39 is 12.2 Å². The maximum Gasteiger partial charge on any atom is 0.190 e. The number of hydrogen-bond acceptors (Lipinski definition) is 3. The highest BCUT2D eigenvalue weighted by Gasteiger charge is 2.63. The summed E-state index contributed by atoms with van der Waals surface area (Å²) in [7, 11) is 0. The van der Waals surface area contributed by atoms with E-state index in [1.165, 1.54) is 32.1 Å². The first kappa shape index (κ1) is 17.0. The third-order valence-electron chi connectivity index (χ3n) is 9.35. The SMILES string of the molecule is CC[C@H]1CC[C@H]2[C@@H]3CCC4CC(O)C(=O)C(O)[C@]4(C)[C@H]3CC[C@]12C. The van der Waals surface area contributed by atoms with Crippen LogP contribution < -0.4 is 0 Å². The quantitative estimate of drug-likeness (QED) is 0.771. The minimum absolute atomic E-state index is 0.300. The average molecular weight is 335 g/mol. The lowest BCUT2D eigenvalue weighted by atomic mass is 9.44. The first-order valence-electron chi connectivity index (χ1n) is 10.2. The van der Waals surface area contributed by atoms with Gasteiger partial charge in [-0.25, -0.2) is 0 Å². The molecule has 9 atom stereocenters. The van der Waals surface area contributed by atoms with E-state index in [9.17, 15) is 15.0 Å². The Bertz CT molecular complexity index is 531. The van der Waals surface area contributed by atoms with Gasteiger partial charge in [0.2, 0.25) is 0 Å². The standard InChI is InChI=1S/C21H34O3/c1-4-12-6-8-15-14-7-5-13-11-17(22)18(23)19(24)21(13,3)16(14)9-10-20(12,15)2/h12-17,19,22,24H,4-11H2,1-3H3/t12-,13?,14-,15-,16-,17?,19?,20+,21-/m0/s1. The molecule has 0 bridgehead atoms. The molecule has 4 saturated carbocycles. The maximum absolute atomic E-state index is 12.3. The van der Waals surface area contributed by atoms with Gasteiger partial charge in [-0.1, -0.05) is 27.2 Å². The van der Waals surface area contributed by atoms with Gasteiger partial charge in [-0.2, -0.15) is 0 Å². The van der Waals surface area contributed by atoms with Crippen LogP contribution in [0.5, 0.6) is 0 Å². The molecule has 3 heteroatoms. The summed E-state index contributed by atoms with van der Waals surface area (Å²) in [5.41, 5.74) is 0.160. The predicted octanol–water partition coefficient (Wildman–Crippen LogP) is 3.57. The Morgan fingerprint density at radius 1 is 1.04 bits per heavy atom. The van der Waals surface area contributed by atoms with Crippen LogP contribution in [0.1, 0.15) is 72.1 Å². The number of fused-ring (bicyclic) bond motifs is 5. The van der Waals surface area contributed by atoms with Crippen LogP contribution in [-0.4, -0.2) is 28.2 Å². The summed E-state index contributed by atoms with van der Waals surface area (Å²) in [6.45, 7) is 7.03. The van der Waals surface area contributed by atoms with Crippen molar-refractivity contribution in [1.29, 1.82) is 0 Å². The van der Waals surface area contributed by atoms with Crippen molar-refractivity contribution < 1.29 is 15.0 Å². The van der Waals surface area contributed by atoms with Gasteiger partial charge in [0.15, 0.2) is 5.78 Å². The minimum Gasteiger partial charge on any atom is -0.385 e. The molecule has 136 valence electrons. The lowest BCUT2D eigenvalue weighted by molar-refractivity contribution is -0.187. The average Bonchev–Trinajstić information content (AvgIpc) is 2.91. The van der Waals surface area contributed by atoms with Crippen molar-refractivity contribution >= 4 is 5.78 Å². The first-order valence-corrected chi connectivity index (χ1v) is 10.2. The van der Waals surface area contributed by atoms with E-state index >= 15 is 0 Å². The Hall–Kier alpha value is -0.410. The van der Waals surface area contributed by atoms with Crippen LogP contribution in [0.15, 0.2) is 0 Å². The van der Waals surface area contributed by atoms with Crippen molar-refractivity contribution in [1.82, 2.24) is 0 Å². The molecule has 24 heavy (non-hydrogen) atoms. The number of carbonyl (C=O) groups is 1. The second kappa shape index (κ2) is 5.54. The third-order valence-corrected chi connectivity index (χ3v) is 9.35. The molecule has 0 aromatic heterocycles. The zero-order valence-electron chi connectivity index (χ0n) is 15.5. The number of ketones is 1. The van der Waals surface area contributed by atoms with Crippen LogP contribution in [0.2, 0.25) is 0 Å². The molecular weight excluding hydrogens is 300 g/mol. The van der Waals surface area contributed by atoms with Crippen molar-refractivity contribution in [3.8, 4) is 0 Å². The summed E-state index contributed by atoms with van der Waals surface area (Å²) in [6.07, 6.45) is 7.35. The number of hydrogen-bond donors (Lipinski definition) is 2. The second-order valence-corrected chi connectivity index (χ2v) is 9.80. The van der Waals surface area contributed by atoms with Crippen LogP contribution in [0.3, 0.4) is 0 Å². The third kappa shape index (κ3) is 2.00. The summed E-state index contributed by atoms with van der Waals surface area (Å²) in [6, 6.07) is 0. The molecule has 0 spiro atoms. The van der Waals surface area contributed by atoms with Crippen molar-refractivity contribution in [2.45, 2.75) is 84.3 Å². The monoisotopic (exact) mass is 334 g/mol. The Morgan fingerprint density at radius 3 is 2.50 bits per heavy atom. The normalized spacial score (nSPS) is 57.2. The lowest BCUT2D eigenvalue weighted by Gasteiger charge is -2.61. The fraction of sp³-hybridized carbons (Fsp3) is 0.952. The highest BCUT2D eigenvalue weighted by atomic mass is 16.3. The predicted molar refractivity (Wildman–Crippen MR) is 93.3 cm³/mol. The van der Waals surface area contributed by atoms with E-state index in [4.69, 9.17) is 0 Å². The largest absolute Gasteiger partial charge is 0.385 e. The van der Waals surface area contributed by atoms with Crippen LogP contribution in [-0.2, 0) is 4.79 Å². The summed E-state index contributed by atoms with van der Waals surface area (Å²) in [5.74, 6) is 2.73. The summed E-state index contributed by atoms with van der Waals surface area (Å²) in [4.78, 5) is 12.3. The van der Waals surface area contributed by atoms with E-state index in [1.807, 2.05) is 0 Å². The van der Waals surface area contributed by atoms with E-state index in [0.717, 1.165) is 24.7 Å². The van der Waals surface area contributed by atoms with Crippen LogP contribution in [0.25, 0.3) is 0 Å². The van der Waals surface area contributed by atoms with Crippen molar-refractivity contribution in [2.24, 2.45) is 40.4 Å². The zero-order chi connectivity index (χ0) is 17.3. The van der Waals surface area contributed by atoms with Crippen molar-refractivity contribution in [3.05, 3.63) is 0 Å². The molecule has 3 unspecified atom stereocenters. The Balaban J connectivity index is 1.67. The van der Waals surface area contributed by atoms with Crippen molar-refractivity contribution in [3.63, 3.8) is 0 Å². The first-order chi connectivity index (χ1) is 11.3. The van der Waals surface area contributed by atoms with E-state index in [0.29, 0.717) is 29.6 Å². The fourth-order valence-electron chi connectivity index (χ4n) is 7.92. The smallest absolute Gasteiger partial charge is 0.190 e. The fourth-order valence-corrected chi connectivity index (χ4v) is 7.92. The number of rotatable bonds is 1. The van der Waals surface area contributed by atoms with Gasteiger partial charge in [0, 0.05) is 5.41 Å². The van der Waals surface area contributed by atoms with Gasteiger partial charge >= 0.3 is 0 Å². The molecule has 4 aliphatic rings. The molecule has 4 fully saturated rings. The summed E-state index contributed by atoms with van der Waals surface area (Å²) < 4.78 is 0. The summed E-state index contributed by atoms with van der Waals surface area (Å²) >= 11 is 0. The van der Waals surface area contributed by atoms with E-state index in [1.54, 1.807) is 0 Å². The molecule has 0 aliphatic heterocycles. The molecule has 0 radical (unpaired) electrons. The Labute approximate surface area is 146 Å².